The first-order chi connectivity index (χ1) is 6.33. The van der Waals surface area contributed by atoms with Crippen LogP contribution in [0.4, 0.5) is 4.79 Å². The molecule has 1 aliphatic rings. The number of nitrogens with one attached hydrogen (secondary N) is 2. The molecule has 80 valence electrons. The molecular formula is C9H16N2O3. The van der Waals surface area contributed by atoms with E-state index in [-0.39, 0.29) is 11.5 Å². The third-order valence-electron chi connectivity index (χ3n) is 2.54. The first-order valence-corrected chi connectivity index (χ1v) is 4.63. The van der Waals surface area contributed by atoms with E-state index in [0.29, 0.717) is 0 Å². The number of aliphatic carboxylic acids is 1. The molecule has 0 aromatic rings. The summed E-state index contributed by atoms with van der Waals surface area (Å²) in [6, 6.07) is -1.09. The number of amides is 2. The maximum Gasteiger partial charge on any atom is 0.325 e. The van der Waals surface area contributed by atoms with Gasteiger partial charge in [0.25, 0.3) is 0 Å². The van der Waals surface area contributed by atoms with Gasteiger partial charge in [-0.05, 0) is 18.8 Å². The zero-order valence-electron chi connectivity index (χ0n) is 8.63. The Balaban J connectivity index is 2.27. The SMILES string of the molecule is C[C@@H](NC(=O)NC1CC1(C)C)C(=O)O. The lowest BCUT2D eigenvalue weighted by atomic mass is 10.2. The van der Waals surface area contributed by atoms with Gasteiger partial charge in [-0.1, -0.05) is 13.8 Å². The molecule has 5 nitrogen and oxygen atoms in total. The van der Waals surface area contributed by atoms with Crippen molar-refractivity contribution in [1.82, 2.24) is 10.6 Å². The minimum absolute atomic E-state index is 0.157. The van der Waals surface area contributed by atoms with Gasteiger partial charge in [0.2, 0.25) is 0 Å². The van der Waals surface area contributed by atoms with E-state index < -0.39 is 18.0 Å². The average molecular weight is 200 g/mol. The second-order valence-corrected chi connectivity index (χ2v) is 4.42. The van der Waals surface area contributed by atoms with Crippen molar-refractivity contribution in [3.63, 3.8) is 0 Å². The van der Waals surface area contributed by atoms with Crippen LogP contribution in [0, 0.1) is 5.41 Å². The highest BCUT2D eigenvalue weighted by atomic mass is 16.4. The molecule has 0 radical (unpaired) electrons. The van der Waals surface area contributed by atoms with E-state index in [2.05, 4.69) is 24.5 Å². The minimum Gasteiger partial charge on any atom is -0.480 e. The number of carbonyl (C=O) groups excluding carboxylic acids is 1. The summed E-state index contributed by atoms with van der Waals surface area (Å²) in [4.78, 5) is 21.6. The predicted molar refractivity (Wildman–Crippen MR) is 51.0 cm³/mol. The number of urea groups is 1. The number of rotatable bonds is 3. The van der Waals surface area contributed by atoms with Gasteiger partial charge in [-0.25, -0.2) is 4.79 Å². The van der Waals surface area contributed by atoms with Gasteiger partial charge in [0.1, 0.15) is 6.04 Å². The third-order valence-corrected chi connectivity index (χ3v) is 2.54. The maximum atomic E-state index is 11.2. The van der Waals surface area contributed by atoms with Gasteiger partial charge in [-0.15, -0.1) is 0 Å². The summed E-state index contributed by atoms with van der Waals surface area (Å²) in [5.41, 5.74) is 0.157. The van der Waals surface area contributed by atoms with Crippen molar-refractivity contribution in [3.8, 4) is 0 Å². The van der Waals surface area contributed by atoms with Crippen molar-refractivity contribution in [3.05, 3.63) is 0 Å². The zero-order valence-corrected chi connectivity index (χ0v) is 8.63. The Labute approximate surface area is 82.9 Å². The van der Waals surface area contributed by atoms with Gasteiger partial charge in [0.05, 0.1) is 0 Å². The van der Waals surface area contributed by atoms with Gasteiger partial charge in [-0.2, -0.15) is 0 Å². The van der Waals surface area contributed by atoms with Gasteiger partial charge in [-0.3, -0.25) is 4.79 Å². The van der Waals surface area contributed by atoms with Gasteiger partial charge in [0, 0.05) is 6.04 Å². The summed E-state index contributed by atoms with van der Waals surface area (Å²) in [5.74, 6) is -1.03. The molecular weight excluding hydrogens is 184 g/mol. The summed E-state index contributed by atoms with van der Waals surface area (Å²) in [7, 11) is 0. The Morgan fingerprint density at radius 1 is 1.50 bits per heavy atom. The lowest BCUT2D eigenvalue weighted by Gasteiger charge is -2.11. The second kappa shape index (κ2) is 3.48. The molecule has 2 atom stereocenters. The van der Waals surface area contributed by atoms with Crippen molar-refractivity contribution in [2.24, 2.45) is 5.41 Å². The lowest BCUT2D eigenvalue weighted by molar-refractivity contribution is -0.138. The van der Waals surface area contributed by atoms with Crippen molar-refractivity contribution in [1.29, 1.82) is 0 Å². The van der Waals surface area contributed by atoms with Crippen molar-refractivity contribution >= 4 is 12.0 Å². The van der Waals surface area contributed by atoms with Gasteiger partial charge >= 0.3 is 12.0 Å². The first-order valence-electron chi connectivity index (χ1n) is 4.63. The van der Waals surface area contributed by atoms with Crippen LogP contribution in [-0.2, 0) is 4.79 Å². The zero-order chi connectivity index (χ0) is 10.9. The molecule has 0 aromatic carbocycles. The standard InChI is InChI=1S/C9H16N2O3/c1-5(7(12)13)10-8(14)11-6-4-9(6,2)3/h5-6H,4H2,1-3H3,(H,12,13)(H2,10,11,14)/t5-,6?/m1/s1. The molecule has 1 aliphatic carbocycles. The third kappa shape index (κ3) is 2.61. The van der Waals surface area contributed by atoms with Crippen LogP contribution in [0.1, 0.15) is 27.2 Å². The number of carboxylic acids is 1. The molecule has 0 spiro atoms. The summed E-state index contributed by atoms with van der Waals surface area (Å²) >= 11 is 0. The quantitative estimate of drug-likeness (QED) is 0.622. The molecule has 0 aliphatic heterocycles. The van der Waals surface area contributed by atoms with E-state index in [1.165, 1.54) is 6.92 Å². The smallest absolute Gasteiger partial charge is 0.325 e. The number of carbonyl (C=O) groups is 2. The van der Waals surface area contributed by atoms with E-state index in [4.69, 9.17) is 5.11 Å². The van der Waals surface area contributed by atoms with Crippen LogP contribution in [0.25, 0.3) is 0 Å². The monoisotopic (exact) mass is 200 g/mol. The fraction of sp³-hybridized carbons (Fsp3) is 0.778. The second-order valence-electron chi connectivity index (χ2n) is 4.42. The molecule has 5 heteroatoms. The van der Waals surface area contributed by atoms with E-state index in [1.54, 1.807) is 0 Å². The van der Waals surface area contributed by atoms with Crippen LogP contribution < -0.4 is 10.6 Å². The molecule has 1 saturated carbocycles. The Bertz CT molecular complexity index is 263. The van der Waals surface area contributed by atoms with Crippen molar-refractivity contribution in [2.75, 3.05) is 0 Å². The molecule has 2 amide bonds. The Morgan fingerprint density at radius 2 is 2.00 bits per heavy atom. The van der Waals surface area contributed by atoms with Crippen molar-refractivity contribution in [2.45, 2.75) is 39.3 Å². The molecule has 0 aromatic heterocycles. The normalized spacial score (nSPS) is 24.9. The molecule has 14 heavy (non-hydrogen) atoms. The van der Waals surface area contributed by atoms with Gasteiger partial charge in [0.15, 0.2) is 0 Å². The molecule has 0 bridgehead atoms. The summed E-state index contributed by atoms with van der Waals surface area (Å²) in [6.07, 6.45) is 0.946. The Hall–Kier alpha value is -1.26. The van der Waals surface area contributed by atoms with E-state index in [1.807, 2.05) is 0 Å². The summed E-state index contributed by atoms with van der Waals surface area (Å²) in [6.45, 7) is 5.54. The van der Waals surface area contributed by atoms with Crippen LogP contribution in [0.3, 0.4) is 0 Å². The minimum atomic E-state index is -1.03. The summed E-state index contributed by atoms with van der Waals surface area (Å²) < 4.78 is 0. The number of hydrogen-bond acceptors (Lipinski definition) is 2. The Kier molecular flexibility index (Phi) is 2.69. The van der Waals surface area contributed by atoms with Crippen LogP contribution in [0.5, 0.6) is 0 Å². The van der Waals surface area contributed by atoms with E-state index in [0.717, 1.165) is 6.42 Å². The van der Waals surface area contributed by atoms with E-state index in [9.17, 15) is 9.59 Å². The molecule has 1 rings (SSSR count). The predicted octanol–water partition coefficient (Wildman–Crippen LogP) is 0.557. The molecule has 1 unspecified atom stereocenters. The number of hydrogen-bond donors (Lipinski definition) is 3. The topological polar surface area (TPSA) is 78.4 Å². The fourth-order valence-electron chi connectivity index (χ4n) is 1.17. The van der Waals surface area contributed by atoms with Crippen LogP contribution in [0.15, 0.2) is 0 Å². The van der Waals surface area contributed by atoms with Crippen LogP contribution in [0.2, 0.25) is 0 Å². The molecule has 0 saturated heterocycles. The van der Waals surface area contributed by atoms with Gasteiger partial charge < -0.3 is 15.7 Å². The lowest BCUT2D eigenvalue weighted by Crippen LogP contribution is -2.45. The van der Waals surface area contributed by atoms with Crippen molar-refractivity contribution < 1.29 is 14.7 Å². The highest BCUT2D eigenvalue weighted by Crippen LogP contribution is 2.44. The average Bonchev–Trinajstić information content (AvgIpc) is 2.57. The number of carboxylic acid groups (broad SMARTS) is 1. The molecule has 1 fully saturated rings. The maximum absolute atomic E-state index is 11.2. The largest absolute Gasteiger partial charge is 0.480 e. The highest BCUT2D eigenvalue weighted by Gasteiger charge is 2.46. The molecule has 3 N–H and O–H groups in total. The summed E-state index contributed by atoms with van der Waals surface area (Å²) in [5, 5.41) is 13.6. The first kappa shape index (κ1) is 10.8. The highest BCUT2D eigenvalue weighted by molar-refractivity contribution is 5.82. The van der Waals surface area contributed by atoms with Crippen LogP contribution in [-0.4, -0.2) is 29.2 Å². The Morgan fingerprint density at radius 3 is 2.36 bits per heavy atom. The molecule has 0 heterocycles. The fourth-order valence-corrected chi connectivity index (χ4v) is 1.17. The van der Waals surface area contributed by atoms with Crippen LogP contribution >= 0.6 is 0 Å². The van der Waals surface area contributed by atoms with E-state index >= 15 is 0 Å².